The van der Waals surface area contributed by atoms with Crippen molar-refractivity contribution in [1.82, 2.24) is 4.98 Å². The van der Waals surface area contributed by atoms with Gasteiger partial charge in [0.15, 0.2) is 5.78 Å². The lowest BCUT2D eigenvalue weighted by Gasteiger charge is -2.12. The molecule has 0 amide bonds. The van der Waals surface area contributed by atoms with E-state index in [2.05, 4.69) is 4.98 Å². The minimum Gasteiger partial charge on any atom is -0.496 e. The second-order valence-corrected chi connectivity index (χ2v) is 4.73. The number of nitrogens with zero attached hydrogens (tertiary/aromatic N) is 1. The molecule has 104 valence electrons. The number of aryl methyl sites for hydroxylation is 1. The minimum atomic E-state index is -0.0374. The second kappa shape index (κ2) is 5.74. The number of Topliss-reactive ketones (excluding diaryl/α,β-unsaturated/α-hetero) is 1. The molecule has 0 bridgehead atoms. The first kappa shape index (κ1) is 14.1. The lowest BCUT2D eigenvalue weighted by atomic mass is 10.0. The van der Waals surface area contributed by atoms with Gasteiger partial charge in [-0.1, -0.05) is 12.1 Å². The highest BCUT2D eigenvalue weighted by molar-refractivity contribution is 6.01. The zero-order valence-electron chi connectivity index (χ0n) is 11.9. The molecule has 0 unspecified atom stereocenters. The molecule has 1 aromatic carbocycles. The van der Waals surface area contributed by atoms with E-state index in [0.717, 1.165) is 22.6 Å². The summed E-state index contributed by atoms with van der Waals surface area (Å²) in [4.78, 5) is 16.7. The van der Waals surface area contributed by atoms with Crippen molar-refractivity contribution in [2.45, 2.75) is 20.3 Å². The highest BCUT2D eigenvalue weighted by Gasteiger charge is 2.15. The highest BCUT2D eigenvalue weighted by atomic mass is 16.5. The zero-order chi connectivity index (χ0) is 14.7. The number of rotatable bonds is 4. The normalized spacial score (nSPS) is 10.3. The molecule has 0 aliphatic rings. The smallest absolute Gasteiger partial charge is 0.170 e. The van der Waals surface area contributed by atoms with Crippen molar-refractivity contribution in [3.05, 3.63) is 52.8 Å². The molecule has 2 rings (SSSR count). The molecular weight excluding hydrogens is 252 g/mol. The average molecular weight is 270 g/mol. The fraction of sp³-hybridized carbons (Fsp3) is 0.250. The number of ketones is 1. The Hall–Kier alpha value is -2.36. The number of carbonyl (C=O) groups excluding carboxylic acids is 1. The molecule has 2 aromatic rings. The Morgan fingerprint density at radius 2 is 2.00 bits per heavy atom. The van der Waals surface area contributed by atoms with Crippen LogP contribution < -0.4 is 10.5 Å². The quantitative estimate of drug-likeness (QED) is 0.685. The third-order valence-corrected chi connectivity index (χ3v) is 3.34. The van der Waals surface area contributed by atoms with Crippen LogP contribution in [0.25, 0.3) is 0 Å². The van der Waals surface area contributed by atoms with Gasteiger partial charge < -0.3 is 10.5 Å². The van der Waals surface area contributed by atoms with Crippen molar-refractivity contribution in [1.29, 1.82) is 0 Å². The summed E-state index contributed by atoms with van der Waals surface area (Å²) in [6, 6.07) is 7.08. The lowest BCUT2D eigenvalue weighted by Crippen LogP contribution is -2.10. The highest BCUT2D eigenvalue weighted by Crippen LogP contribution is 2.25. The first-order valence-electron chi connectivity index (χ1n) is 6.41. The molecular formula is C16H18N2O2. The van der Waals surface area contributed by atoms with E-state index in [-0.39, 0.29) is 12.2 Å². The summed E-state index contributed by atoms with van der Waals surface area (Å²) >= 11 is 0. The molecule has 2 N–H and O–H groups in total. The Morgan fingerprint density at radius 1 is 1.30 bits per heavy atom. The zero-order valence-corrected chi connectivity index (χ0v) is 11.9. The largest absolute Gasteiger partial charge is 0.496 e. The summed E-state index contributed by atoms with van der Waals surface area (Å²) < 4.78 is 5.35. The van der Waals surface area contributed by atoms with Crippen LogP contribution in [0, 0.1) is 13.8 Å². The van der Waals surface area contributed by atoms with E-state index in [1.165, 1.54) is 0 Å². The molecule has 4 nitrogen and oxygen atoms in total. The van der Waals surface area contributed by atoms with Crippen LogP contribution in [-0.4, -0.2) is 17.9 Å². The first-order valence-corrected chi connectivity index (χ1v) is 6.41. The summed E-state index contributed by atoms with van der Waals surface area (Å²) in [5.41, 5.74) is 9.44. The van der Waals surface area contributed by atoms with Gasteiger partial charge in [-0.25, -0.2) is 0 Å². The van der Waals surface area contributed by atoms with Crippen LogP contribution in [-0.2, 0) is 6.42 Å². The maximum Gasteiger partial charge on any atom is 0.170 e. The van der Waals surface area contributed by atoms with E-state index in [9.17, 15) is 4.79 Å². The van der Waals surface area contributed by atoms with E-state index in [4.69, 9.17) is 10.5 Å². The van der Waals surface area contributed by atoms with Gasteiger partial charge in [-0.2, -0.15) is 0 Å². The minimum absolute atomic E-state index is 0.0374. The van der Waals surface area contributed by atoms with Crippen LogP contribution in [0.3, 0.4) is 0 Å². The van der Waals surface area contributed by atoms with Crippen LogP contribution >= 0.6 is 0 Å². The monoisotopic (exact) mass is 270 g/mol. The SMILES string of the molecule is COc1c(C)cnc(CC(=O)c2ccccc2N)c1C. The number of hydrogen-bond acceptors (Lipinski definition) is 4. The van der Waals surface area contributed by atoms with Crippen molar-refractivity contribution < 1.29 is 9.53 Å². The molecule has 0 radical (unpaired) electrons. The maximum atomic E-state index is 12.3. The average Bonchev–Trinajstić information content (AvgIpc) is 2.43. The molecule has 0 spiro atoms. The van der Waals surface area contributed by atoms with Gasteiger partial charge >= 0.3 is 0 Å². The standard InChI is InChI=1S/C16H18N2O2/c1-10-9-18-14(11(2)16(10)20-3)8-15(19)12-6-4-5-7-13(12)17/h4-7,9H,8,17H2,1-3H3. The van der Waals surface area contributed by atoms with Gasteiger partial charge in [-0.3, -0.25) is 9.78 Å². The fourth-order valence-corrected chi connectivity index (χ4v) is 2.25. The molecule has 0 atom stereocenters. The van der Waals surface area contributed by atoms with Crippen molar-refractivity contribution in [3.63, 3.8) is 0 Å². The van der Waals surface area contributed by atoms with Gasteiger partial charge in [0.2, 0.25) is 0 Å². The molecule has 0 aliphatic carbocycles. The number of anilines is 1. The van der Waals surface area contributed by atoms with Gasteiger partial charge in [0.25, 0.3) is 0 Å². The number of benzene rings is 1. The Kier molecular flexibility index (Phi) is 4.03. The summed E-state index contributed by atoms with van der Waals surface area (Å²) in [7, 11) is 1.62. The number of aromatic nitrogens is 1. The Bertz CT molecular complexity index is 651. The number of nitrogen functional groups attached to an aromatic ring is 1. The number of carbonyl (C=O) groups is 1. The number of pyridine rings is 1. The Labute approximate surface area is 118 Å². The lowest BCUT2D eigenvalue weighted by molar-refractivity contribution is 0.0992. The number of nitrogens with two attached hydrogens (primary N) is 1. The molecule has 20 heavy (non-hydrogen) atoms. The maximum absolute atomic E-state index is 12.3. The third kappa shape index (κ3) is 2.64. The predicted molar refractivity (Wildman–Crippen MR) is 79.2 cm³/mol. The summed E-state index contributed by atoms with van der Waals surface area (Å²) in [5.74, 6) is 0.744. The van der Waals surface area contributed by atoms with Gasteiger partial charge in [-0.05, 0) is 26.0 Å². The van der Waals surface area contributed by atoms with Crippen LogP contribution in [0.2, 0.25) is 0 Å². The van der Waals surface area contributed by atoms with Crippen molar-refractivity contribution in [2.24, 2.45) is 0 Å². The summed E-state index contributed by atoms with van der Waals surface area (Å²) in [6.07, 6.45) is 1.94. The first-order chi connectivity index (χ1) is 9.54. The van der Waals surface area contributed by atoms with Crippen LogP contribution in [0.5, 0.6) is 5.75 Å². The van der Waals surface area contributed by atoms with Crippen molar-refractivity contribution >= 4 is 11.5 Å². The van der Waals surface area contributed by atoms with Gasteiger partial charge in [0.1, 0.15) is 5.75 Å². The Balaban J connectivity index is 2.32. The number of hydrogen-bond donors (Lipinski definition) is 1. The van der Waals surface area contributed by atoms with Crippen LogP contribution in [0.1, 0.15) is 27.2 Å². The van der Waals surface area contributed by atoms with Crippen molar-refractivity contribution in [3.8, 4) is 5.75 Å². The van der Waals surface area contributed by atoms with E-state index >= 15 is 0 Å². The third-order valence-electron chi connectivity index (χ3n) is 3.34. The van der Waals surface area contributed by atoms with E-state index in [1.807, 2.05) is 19.9 Å². The second-order valence-electron chi connectivity index (χ2n) is 4.73. The Morgan fingerprint density at radius 3 is 2.65 bits per heavy atom. The molecule has 0 saturated heterocycles. The van der Waals surface area contributed by atoms with Crippen LogP contribution in [0.4, 0.5) is 5.69 Å². The fourth-order valence-electron chi connectivity index (χ4n) is 2.25. The molecule has 1 heterocycles. The van der Waals surface area contributed by atoms with Gasteiger partial charge in [0.05, 0.1) is 19.2 Å². The number of para-hydroxylation sites is 1. The van der Waals surface area contributed by atoms with E-state index in [0.29, 0.717) is 11.3 Å². The van der Waals surface area contributed by atoms with Gasteiger partial charge in [0, 0.05) is 28.6 Å². The molecule has 4 heteroatoms. The van der Waals surface area contributed by atoms with Crippen molar-refractivity contribution in [2.75, 3.05) is 12.8 Å². The molecule has 1 aromatic heterocycles. The van der Waals surface area contributed by atoms with Crippen LogP contribution in [0.15, 0.2) is 30.5 Å². The van der Waals surface area contributed by atoms with Gasteiger partial charge in [-0.15, -0.1) is 0 Å². The number of ether oxygens (including phenoxy) is 1. The topological polar surface area (TPSA) is 65.2 Å². The molecule has 0 saturated carbocycles. The summed E-state index contributed by atoms with van der Waals surface area (Å²) in [6.45, 7) is 3.84. The predicted octanol–water partition coefficient (Wildman–Crippen LogP) is 2.71. The number of methoxy groups -OCH3 is 1. The molecule has 0 fully saturated rings. The van der Waals surface area contributed by atoms with E-state index in [1.54, 1.807) is 31.5 Å². The van der Waals surface area contributed by atoms with E-state index < -0.39 is 0 Å². The summed E-state index contributed by atoms with van der Waals surface area (Å²) in [5, 5.41) is 0. The molecule has 0 aliphatic heterocycles.